The van der Waals surface area contributed by atoms with E-state index in [-0.39, 0.29) is 0 Å². The van der Waals surface area contributed by atoms with E-state index < -0.39 is 0 Å². The number of nitrogens with zero attached hydrogens (tertiary/aromatic N) is 4. The average Bonchev–Trinajstić information content (AvgIpc) is 3.52. The van der Waals surface area contributed by atoms with Crippen molar-refractivity contribution in [3.63, 3.8) is 0 Å². The topological polar surface area (TPSA) is 43.6 Å². The SMILES string of the molecule is c1ccc(-c2nc(-c3ccccc3)nc(-c3ccccc3-c3ccccc3-n3c4cccc5c4c4c6c(cccc6ccc43)-c3ccccc3-5)n2)cc1. The van der Waals surface area contributed by atoms with E-state index in [9.17, 15) is 0 Å². The number of benzene rings is 8. The summed E-state index contributed by atoms with van der Waals surface area (Å²) in [7, 11) is 0. The number of para-hydroxylation sites is 1. The van der Waals surface area contributed by atoms with Crippen LogP contribution < -0.4 is 0 Å². The van der Waals surface area contributed by atoms with Crippen molar-refractivity contribution in [2.45, 2.75) is 0 Å². The molecule has 1 aliphatic rings. The van der Waals surface area contributed by atoms with Crippen LogP contribution in [0.1, 0.15) is 0 Å². The van der Waals surface area contributed by atoms with E-state index in [0.29, 0.717) is 17.5 Å². The van der Waals surface area contributed by atoms with Crippen molar-refractivity contribution in [2.24, 2.45) is 0 Å². The molecule has 0 radical (unpaired) electrons. The summed E-state index contributed by atoms with van der Waals surface area (Å²) in [4.78, 5) is 15.2. The molecular weight excluding hydrogens is 645 g/mol. The molecule has 8 aromatic carbocycles. The summed E-state index contributed by atoms with van der Waals surface area (Å²) in [6.45, 7) is 0. The summed E-state index contributed by atoms with van der Waals surface area (Å²) >= 11 is 0. The average molecular weight is 675 g/mol. The van der Waals surface area contributed by atoms with Crippen molar-refractivity contribution in [1.82, 2.24) is 19.5 Å². The minimum atomic E-state index is 0.634. The van der Waals surface area contributed by atoms with Gasteiger partial charge in [-0.1, -0.05) is 164 Å². The molecule has 0 spiro atoms. The fourth-order valence-corrected chi connectivity index (χ4v) is 8.33. The van der Waals surface area contributed by atoms with Gasteiger partial charge in [0.2, 0.25) is 0 Å². The Balaban J connectivity index is 1.19. The molecule has 2 heterocycles. The predicted octanol–water partition coefficient (Wildman–Crippen LogP) is 12.4. The first-order valence-corrected chi connectivity index (χ1v) is 18.0. The molecule has 0 atom stereocenters. The van der Waals surface area contributed by atoms with E-state index in [1.807, 2.05) is 60.7 Å². The van der Waals surface area contributed by atoms with Gasteiger partial charge in [-0.05, 0) is 56.8 Å². The molecule has 0 fully saturated rings. The van der Waals surface area contributed by atoms with Crippen LogP contribution in [0.25, 0.3) is 106 Å². The van der Waals surface area contributed by atoms with Crippen molar-refractivity contribution in [3.8, 4) is 73.2 Å². The molecule has 53 heavy (non-hydrogen) atoms. The zero-order chi connectivity index (χ0) is 34.9. The van der Waals surface area contributed by atoms with E-state index in [4.69, 9.17) is 15.0 Å². The van der Waals surface area contributed by atoms with Gasteiger partial charge in [-0.15, -0.1) is 0 Å². The first kappa shape index (κ1) is 29.5. The maximum absolute atomic E-state index is 5.13. The van der Waals surface area contributed by atoms with Crippen molar-refractivity contribution in [1.29, 1.82) is 0 Å². The molecule has 0 N–H and O–H groups in total. The summed E-state index contributed by atoms with van der Waals surface area (Å²) < 4.78 is 2.46. The number of aromatic nitrogens is 4. The summed E-state index contributed by atoms with van der Waals surface area (Å²) in [6, 6.07) is 64.4. The minimum Gasteiger partial charge on any atom is -0.309 e. The number of hydrogen-bond acceptors (Lipinski definition) is 3. The van der Waals surface area contributed by atoms with Crippen LogP contribution >= 0.6 is 0 Å². The van der Waals surface area contributed by atoms with E-state index >= 15 is 0 Å². The first-order valence-electron chi connectivity index (χ1n) is 18.0. The standard InChI is InChI=1S/C49H30N4/c1-3-15-32(16-4-1)47-50-48(33-17-5-2-6-18-33)52-49(51-47)40-24-10-9-22-36(40)37-23-11-12-27-41(37)53-42-28-14-26-39-35-21-8-7-20-34(35)38-25-13-19-31-29-30-43(53)46(44(31)38)45(39)42/h1-30H. The largest absolute Gasteiger partial charge is 0.309 e. The Bertz CT molecular complexity index is 2990. The molecule has 0 unspecified atom stereocenters. The van der Waals surface area contributed by atoms with E-state index in [2.05, 4.69) is 126 Å². The number of hydrogen-bond donors (Lipinski definition) is 0. The highest BCUT2D eigenvalue weighted by atomic mass is 15.0. The van der Waals surface area contributed by atoms with Gasteiger partial charge >= 0.3 is 0 Å². The second kappa shape index (κ2) is 11.7. The second-order valence-corrected chi connectivity index (χ2v) is 13.5. The smallest absolute Gasteiger partial charge is 0.164 e. The van der Waals surface area contributed by atoms with Crippen LogP contribution in [0, 0.1) is 0 Å². The molecule has 2 aromatic heterocycles. The Labute approximate surface area is 306 Å². The highest BCUT2D eigenvalue weighted by molar-refractivity contribution is 6.30. The fourth-order valence-electron chi connectivity index (χ4n) is 8.33. The van der Waals surface area contributed by atoms with Crippen LogP contribution in [-0.4, -0.2) is 19.5 Å². The second-order valence-electron chi connectivity index (χ2n) is 13.5. The molecule has 0 amide bonds. The van der Waals surface area contributed by atoms with Crippen molar-refractivity contribution >= 4 is 32.6 Å². The molecule has 4 nitrogen and oxygen atoms in total. The lowest BCUT2D eigenvalue weighted by Crippen LogP contribution is -2.02. The minimum absolute atomic E-state index is 0.634. The number of rotatable bonds is 5. The lowest BCUT2D eigenvalue weighted by molar-refractivity contribution is 1.07. The third kappa shape index (κ3) is 4.52. The number of fused-ring (bicyclic) bond motifs is 3. The zero-order valence-electron chi connectivity index (χ0n) is 28.6. The Hall–Kier alpha value is -7.17. The molecule has 4 heteroatoms. The van der Waals surface area contributed by atoms with Crippen LogP contribution in [0.15, 0.2) is 182 Å². The molecular formula is C49H30N4. The van der Waals surface area contributed by atoms with Crippen LogP contribution in [0.5, 0.6) is 0 Å². The molecule has 1 aliphatic carbocycles. The van der Waals surface area contributed by atoms with Crippen LogP contribution in [0.4, 0.5) is 0 Å². The highest BCUT2D eigenvalue weighted by Gasteiger charge is 2.26. The van der Waals surface area contributed by atoms with Crippen molar-refractivity contribution < 1.29 is 0 Å². The third-order valence-electron chi connectivity index (χ3n) is 10.6. The van der Waals surface area contributed by atoms with E-state index in [1.54, 1.807) is 0 Å². The first-order chi connectivity index (χ1) is 26.3. The predicted molar refractivity (Wildman–Crippen MR) is 218 cm³/mol. The van der Waals surface area contributed by atoms with E-state index in [1.165, 1.54) is 54.8 Å². The summed E-state index contributed by atoms with van der Waals surface area (Å²) in [5.41, 5.74) is 13.5. The molecule has 246 valence electrons. The fraction of sp³-hybridized carbons (Fsp3) is 0. The molecule has 10 aromatic rings. The Morgan fingerprint density at radius 2 is 0.755 bits per heavy atom. The van der Waals surface area contributed by atoms with E-state index in [0.717, 1.165) is 33.5 Å². The summed E-state index contributed by atoms with van der Waals surface area (Å²) in [5, 5.41) is 5.13. The van der Waals surface area contributed by atoms with Crippen molar-refractivity contribution in [3.05, 3.63) is 182 Å². The molecule has 0 bridgehead atoms. The van der Waals surface area contributed by atoms with Gasteiger partial charge in [-0.25, -0.2) is 15.0 Å². The Morgan fingerprint density at radius 1 is 0.283 bits per heavy atom. The van der Waals surface area contributed by atoms with Crippen LogP contribution in [0.2, 0.25) is 0 Å². The molecule has 11 rings (SSSR count). The maximum Gasteiger partial charge on any atom is 0.164 e. The molecule has 0 saturated heterocycles. The summed E-state index contributed by atoms with van der Waals surface area (Å²) in [6.07, 6.45) is 0. The monoisotopic (exact) mass is 674 g/mol. The molecule has 0 saturated carbocycles. The normalized spacial score (nSPS) is 11.8. The van der Waals surface area contributed by atoms with Crippen LogP contribution in [-0.2, 0) is 0 Å². The quantitative estimate of drug-likeness (QED) is 0.182. The summed E-state index contributed by atoms with van der Waals surface area (Å²) in [5.74, 6) is 1.92. The lowest BCUT2D eigenvalue weighted by Gasteiger charge is -2.18. The van der Waals surface area contributed by atoms with Gasteiger partial charge in [0.1, 0.15) is 0 Å². The van der Waals surface area contributed by atoms with Gasteiger partial charge in [-0.2, -0.15) is 0 Å². The van der Waals surface area contributed by atoms with Crippen molar-refractivity contribution in [2.75, 3.05) is 0 Å². The maximum atomic E-state index is 5.13. The van der Waals surface area contributed by atoms with Gasteiger partial charge in [0.05, 0.1) is 16.7 Å². The van der Waals surface area contributed by atoms with Crippen LogP contribution in [0.3, 0.4) is 0 Å². The Morgan fingerprint density at radius 3 is 1.42 bits per heavy atom. The molecule has 0 aliphatic heterocycles. The zero-order valence-corrected chi connectivity index (χ0v) is 28.6. The van der Waals surface area contributed by atoms with Gasteiger partial charge in [0.25, 0.3) is 0 Å². The van der Waals surface area contributed by atoms with Gasteiger partial charge in [0, 0.05) is 33.0 Å². The lowest BCUT2D eigenvalue weighted by atomic mass is 9.93. The third-order valence-corrected chi connectivity index (χ3v) is 10.6. The Kier molecular flexibility index (Phi) is 6.52. The van der Waals surface area contributed by atoms with Gasteiger partial charge < -0.3 is 4.57 Å². The van der Waals surface area contributed by atoms with Gasteiger partial charge in [-0.3, -0.25) is 0 Å². The van der Waals surface area contributed by atoms with Gasteiger partial charge in [0.15, 0.2) is 17.5 Å². The highest BCUT2D eigenvalue weighted by Crippen LogP contribution is 2.50.